The topological polar surface area (TPSA) is 60.2 Å². The first-order chi connectivity index (χ1) is 7.44. The highest BCUT2D eigenvalue weighted by Crippen LogP contribution is 2.21. The molecule has 3 nitrogen and oxygen atoms in total. The molecule has 0 bridgehead atoms. The minimum Gasteiger partial charge on any atom is -0.398 e. The highest BCUT2D eigenvalue weighted by molar-refractivity contribution is 9.10. The highest BCUT2D eigenvalue weighted by atomic mass is 79.9. The van der Waals surface area contributed by atoms with Crippen molar-refractivity contribution in [1.29, 1.82) is 0 Å². The molecule has 0 aliphatic rings. The predicted molar refractivity (Wildman–Crippen MR) is 71.0 cm³/mol. The Hall–Kier alpha value is -0.550. The molecule has 5 heteroatoms. The second-order valence-corrected chi connectivity index (χ2v) is 6.84. The van der Waals surface area contributed by atoms with Crippen LogP contribution in [0.1, 0.15) is 25.3 Å². The van der Waals surface area contributed by atoms with E-state index in [0.717, 1.165) is 16.5 Å². The van der Waals surface area contributed by atoms with Crippen LogP contribution in [0.4, 0.5) is 5.69 Å². The van der Waals surface area contributed by atoms with Gasteiger partial charge in [0.15, 0.2) is 9.84 Å². The SMILES string of the molecule is CCCCS(=O)(=O)Cc1ccc(Br)c(N)c1. The predicted octanol–water partition coefficient (Wildman–Crippen LogP) is 2.75. The summed E-state index contributed by atoms with van der Waals surface area (Å²) in [5, 5.41) is 0. The van der Waals surface area contributed by atoms with Gasteiger partial charge in [-0.2, -0.15) is 0 Å². The van der Waals surface area contributed by atoms with Crippen LogP contribution in [-0.4, -0.2) is 14.2 Å². The van der Waals surface area contributed by atoms with E-state index in [1.54, 1.807) is 18.2 Å². The summed E-state index contributed by atoms with van der Waals surface area (Å²) >= 11 is 3.28. The lowest BCUT2D eigenvalue weighted by Gasteiger charge is -2.05. The number of nitrogens with two attached hydrogens (primary N) is 1. The fraction of sp³-hybridized carbons (Fsp3) is 0.455. The number of benzene rings is 1. The van der Waals surface area contributed by atoms with Crippen molar-refractivity contribution >= 4 is 31.5 Å². The summed E-state index contributed by atoms with van der Waals surface area (Å²) in [6.07, 6.45) is 1.61. The average molecular weight is 306 g/mol. The quantitative estimate of drug-likeness (QED) is 0.851. The van der Waals surface area contributed by atoms with Gasteiger partial charge >= 0.3 is 0 Å². The molecule has 0 heterocycles. The lowest BCUT2D eigenvalue weighted by Crippen LogP contribution is -2.09. The molecule has 0 aromatic heterocycles. The van der Waals surface area contributed by atoms with Gasteiger partial charge in [0.05, 0.1) is 11.5 Å². The minimum atomic E-state index is -3.00. The van der Waals surface area contributed by atoms with E-state index < -0.39 is 9.84 Å². The van der Waals surface area contributed by atoms with Gasteiger partial charge in [-0.15, -0.1) is 0 Å². The van der Waals surface area contributed by atoms with Crippen LogP contribution in [0.5, 0.6) is 0 Å². The maximum Gasteiger partial charge on any atom is 0.154 e. The minimum absolute atomic E-state index is 0.0739. The van der Waals surface area contributed by atoms with Gasteiger partial charge in [-0.05, 0) is 40.0 Å². The molecule has 16 heavy (non-hydrogen) atoms. The number of anilines is 1. The molecule has 0 atom stereocenters. The van der Waals surface area contributed by atoms with Crippen molar-refractivity contribution < 1.29 is 8.42 Å². The van der Waals surface area contributed by atoms with Gasteiger partial charge in [0.25, 0.3) is 0 Å². The van der Waals surface area contributed by atoms with Crippen LogP contribution in [0.15, 0.2) is 22.7 Å². The third-order valence-electron chi connectivity index (χ3n) is 2.26. The summed E-state index contributed by atoms with van der Waals surface area (Å²) in [6, 6.07) is 5.26. The Bertz CT molecular complexity index is 457. The molecule has 0 saturated heterocycles. The van der Waals surface area contributed by atoms with Crippen LogP contribution in [0.3, 0.4) is 0 Å². The van der Waals surface area contributed by atoms with E-state index >= 15 is 0 Å². The van der Waals surface area contributed by atoms with E-state index in [-0.39, 0.29) is 11.5 Å². The number of nitrogen functional groups attached to an aromatic ring is 1. The molecule has 0 spiro atoms. The number of sulfone groups is 1. The van der Waals surface area contributed by atoms with Gasteiger partial charge < -0.3 is 5.73 Å². The fourth-order valence-corrected chi connectivity index (χ4v) is 3.18. The third kappa shape index (κ3) is 4.14. The highest BCUT2D eigenvalue weighted by Gasteiger charge is 2.11. The van der Waals surface area contributed by atoms with Gasteiger partial charge in [0, 0.05) is 10.2 Å². The maximum absolute atomic E-state index is 11.7. The normalized spacial score (nSPS) is 11.6. The molecule has 0 fully saturated rings. The van der Waals surface area contributed by atoms with Crippen LogP contribution < -0.4 is 5.73 Å². The Morgan fingerprint density at radius 1 is 1.38 bits per heavy atom. The molecule has 90 valence electrons. The summed E-state index contributed by atoms with van der Waals surface area (Å²) in [6.45, 7) is 1.98. The average Bonchev–Trinajstić information content (AvgIpc) is 2.20. The van der Waals surface area contributed by atoms with Crippen molar-refractivity contribution in [1.82, 2.24) is 0 Å². The molecule has 1 aromatic carbocycles. The Kier molecular flexibility index (Phi) is 4.80. The Morgan fingerprint density at radius 3 is 2.62 bits per heavy atom. The summed E-state index contributed by atoms with van der Waals surface area (Å²) in [5.74, 6) is 0.323. The van der Waals surface area contributed by atoms with Gasteiger partial charge in [-0.3, -0.25) is 0 Å². The van der Waals surface area contributed by atoms with Gasteiger partial charge in [0.1, 0.15) is 0 Å². The summed E-state index contributed by atoms with van der Waals surface area (Å²) < 4.78 is 24.2. The van der Waals surface area contributed by atoms with Crippen molar-refractivity contribution in [2.24, 2.45) is 0 Å². The first-order valence-electron chi connectivity index (χ1n) is 5.19. The first kappa shape index (κ1) is 13.5. The zero-order chi connectivity index (χ0) is 12.2. The number of unbranched alkanes of at least 4 members (excludes halogenated alkanes) is 1. The lowest BCUT2D eigenvalue weighted by molar-refractivity contribution is 0.592. The van der Waals surface area contributed by atoms with Gasteiger partial charge in [-0.1, -0.05) is 19.4 Å². The molecular weight excluding hydrogens is 290 g/mol. The Labute approximate surface area is 105 Å². The Balaban J connectivity index is 2.76. The zero-order valence-electron chi connectivity index (χ0n) is 9.24. The third-order valence-corrected chi connectivity index (χ3v) is 4.66. The van der Waals surface area contributed by atoms with E-state index in [4.69, 9.17) is 5.73 Å². The number of halogens is 1. The second-order valence-electron chi connectivity index (χ2n) is 3.80. The molecule has 0 aliphatic heterocycles. The van der Waals surface area contributed by atoms with Crippen LogP contribution in [-0.2, 0) is 15.6 Å². The number of hydrogen-bond acceptors (Lipinski definition) is 3. The standard InChI is InChI=1S/C11H16BrNO2S/c1-2-3-6-16(14,15)8-9-4-5-10(12)11(13)7-9/h4-5,7H,2-3,6,8,13H2,1H3. The van der Waals surface area contributed by atoms with Gasteiger partial charge in [-0.25, -0.2) is 8.42 Å². The summed E-state index contributed by atoms with van der Waals surface area (Å²) in [7, 11) is -3.00. The first-order valence-corrected chi connectivity index (χ1v) is 7.80. The molecule has 0 radical (unpaired) electrons. The van der Waals surface area contributed by atoms with Crippen molar-refractivity contribution in [3.8, 4) is 0 Å². The smallest absolute Gasteiger partial charge is 0.154 e. The van der Waals surface area contributed by atoms with Crippen LogP contribution in [0.25, 0.3) is 0 Å². The zero-order valence-corrected chi connectivity index (χ0v) is 11.6. The van der Waals surface area contributed by atoms with Crippen LogP contribution in [0.2, 0.25) is 0 Å². The Morgan fingerprint density at radius 2 is 2.06 bits per heavy atom. The van der Waals surface area contributed by atoms with E-state index in [0.29, 0.717) is 12.1 Å². The number of hydrogen-bond donors (Lipinski definition) is 1. The molecule has 0 amide bonds. The lowest BCUT2D eigenvalue weighted by atomic mass is 10.2. The summed E-state index contributed by atoms with van der Waals surface area (Å²) in [5.41, 5.74) is 7.02. The fourth-order valence-electron chi connectivity index (χ4n) is 1.37. The van der Waals surface area contributed by atoms with Crippen molar-refractivity contribution in [2.75, 3.05) is 11.5 Å². The molecule has 0 aliphatic carbocycles. The largest absolute Gasteiger partial charge is 0.398 e. The van der Waals surface area contributed by atoms with Crippen LogP contribution >= 0.6 is 15.9 Å². The number of rotatable bonds is 5. The van der Waals surface area contributed by atoms with E-state index in [1.165, 1.54) is 0 Å². The van der Waals surface area contributed by atoms with Crippen molar-refractivity contribution in [3.05, 3.63) is 28.2 Å². The van der Waals surface area contributed by atoms with Gasteiger partial charge in [0.2, 0.25) is 0 Å². The molecule has 2 N–H and O–H groups in total. The molecule has 1 aromatic rings. The van der Waals surface area contributed by atoms with E-state index in [2.05, 4.69) is 15.9 Å². The second kappa shape index (κ2) is 5.68. The van der Waals surface area contributed by atoms with Crippen molar-refractivity contribution in [2.45, 2.75) is 25.5 Å². The summed E-state index contributed by atoms with van der Waals surface area (Å²) in [4.78, 5) is 0. The van der Waals surface area contributed by atoms with Crippen molar-refractivity contribution in [3.63, 3.8) is 0 Å². The van der Waals surface area contributed by atoms with E-state index in [1.807, 2.05) is 6.92 Å². The molecular formula is C11H16BrNO2S. The maximum atomic E-state index is 11.7. The molecule has 0 unspecified atom stereocenters. The molecule has 0 saturated carbocycles. The monoisotopic (exact) mass is 305 g/mol. The van der Waals surface area contributed by atoms with Crippen LogP contribution in [0, 0.1) is 0 Å². The molecule has 1 rings (SSSR count). The van der Waals surface area contributed by atoms with E-state index in [9.17, 15) is 8.42 Å².